The molecule has 0 spiro atoms. The summed E-state index contributed by atoms with van der Waals surface area (Å²) in [5.41, 5.74) is 20.3. The smallest absolute Gasteiger partial charge is 0.147 e. The van der Waals surface area contributed by atoms with Gasteiger partial charge in [0.25, 0.3) is 0 Å². The molecule has 5 aromatic rings. The normalized spacial score (nSPS) is 16.9. The summed E-state index contributed by atoms with van der Waals surface area (Å²) in [6.45, 7) is 23.6. The Hall–Kier alpha value is -2.74. The Morgan fingerprint density at radius 2 is 1.02 bits per heavy atom. The van der Waals surface area contributed by atoms with Crippen LogP contribution in [0.4, 0.5) is 0 Å². The molecule has 0 nitrogen and oxygen atoms in total. The van der Waals surface area contributed by atoms with Gasteiger partial charge in [-0.1, -0.05) is 0 Å². The standard InChI is InChI=1S/C26H25.C22H25.2CH3.2ClH.H2Si.Zr/c1-18-16-24-22(19-8-6-5-7-9-19)14-15-23(25(24)17-18)20-10-12-21(13-11-20)26(2,3)4;1-15(2)18-13-17-7-6-8-20(21(17)14-18)16-9-11-19(12-10-16)22(3,4)5;;;;;;/h5-17H,1-4H3;6-15H,1-5H3;2*1H3;2*1H;1H2;. The van der Waals surface area contributed by atoms with E-state index in [1.54, 1.807) is 22.3 Å². The quantitative estimate of drug-likeness (QED) is 0.149. The topological polar surface area (TPSA) is 0 Å². The first-order chi connectivity index (χ1) is 24.3. The fourth-order valence-electron chi connectivity index (χ4n) is 9.69. The zero-order valence-corrected chi connectivity index (χ0v) is 39.8. The minimum Gasteiger partial charge on any atom is -0.147 e. The first-order valence-corrected chi connectivity index (χ1v) is 33.1. The summed E-state index contributed by atoms with van der Waals surface area (Å²) in [5.74, 6) is 0.470. The fourth-order valence-corrected chi connectivity index (χ4v) is 30.1. The number of fused-ring (bicyclic) bond motifs is 2. The van der Waals surface area contributed by atoms with Gasteiger partial charge in [0.1, 0.15) is 0 Å². The van der Waals surface area contributed by atoms with Crippen molar-refractivity contribution >= 4 is 43.8 Å². The van der Waals surface area contributed by atoms with Crippen LogP contribution < -0.4 is 0 Å². The Morgan fingerprint density at radius 3 is 1.52 bits per heavy atom. The molecule has 54 heavy (non-hydrogen) atoms. The van der Waals surface area contributed by atoms with Crippen molar-refractivity contribution in [3.8, 4) is 33.4 Å². The van der Waals surface area contributed by atoms with Crippen LogP contribution in [0, 0.1) is 5.92 Å². The van der Waals surface area contributed by atoms with Gasteiger partial charge in [0.15, 0.2) is 0 Å². The van der Waals surface area contributed by atoms with Crippen LogP contribution in [-0.4, -0.2) is 6.88 Å². The summed E-state index contributed by atoms with van der Waals surface area (Å²) in [7, 11) is 0. The van der Waals surface area contributed by atoms with E-state index < -0.39 is 17.4 Å². The van der Waals surface area contributed by atoms with Crippen LogP contribution in [0.3, 0.4) is 0 Å². The minimum absolute atomic E-state index is 0. The zero-order valence-electron chi connectivity index (χ0n) is 34.3. The monoisotopic (exact) mass is 848 g/mol. The van der Waals surface area contributed by atoms with Crippen molar-refractivity contribution in [3.05, 3.63) is 154 Å². The average Bonchev–Trinajstić information content (AvgIpc) is 3.67. The van der Waals surface area contributed by atoms with Gasteiger partial charge in [-0.05, 0) is 0 Å². The SMILES string of the molecule is CC1=Cc2c(-c3ccc(C(C)(C)C)cc3)ccc(-c3ccccc3)c2[CH]1[Zr]([CH3])([CH3])(=[SiH2])[CH]1C(C(C)C)=Cc2c(-c3ccc(C(C)(C)C)cc3)cccc21.Cl.Cl. The van der Waals surface area contributed by atoms with Gasteiger partial charge in [-0.3, -0.25) is 0 Å². The van der Waals surface area contributed by atoms with Crippen molar-refractivity contribution in [2.45, 2.75) is 89.7 Å². The van der Waals surface area contributed by atoms with E-state index in [1.807, 2.05) is 0 Å². The molecule has 0 heterocycles. The summed E-state index contributed by atoms with van der Waals surface area (Å²) in [4.78, 5) is 0. The molecule has 5 aromatic carbocycles. The molecule has 2 unspecified atom stereocenters. The van der Waals surface area contributed by atoms with E-state index in [1.165, 1.54) is 55.6 Å². The number of hydrogen-bond acceptors (Lipinski definition) is 0. The summed E-state index contributed by atoms with van der Waals surface area (Å²) >= 11 is -3.89. The second kappa shape index (κ2) is 15.0. The molecule has 0 saturated carbocycles. The van der Waals surface area contributed by atoms with Crippen LogP contribution in [0.2, 0.25) is 9.26 Å². The van der Waals surface area contributed by atoms with E-state index in [2.05, 4.69) is 200 Å². The molecule has 7 rings (SSSR count). The van der Waals surface area contributed by atoms with Crippen LogP contribution in [0.15, 0.2) is 120 Å². The van der Waals surface area contributed by atoms with Gasteiger partial charge in [-0.2, -0.15) is 0 Å². The maximum Gasteiger partial charge on any atom is -0.147 e. The maximum absolute atomic E-state index is 3.89. The van der Waals surface area contributed by atoms with Gasteiger partial charge >= 0.3 is 319 Å². The third kappa shape index (κ3) is 7.43. The molecule has 2 aliphatic rings. The Balaban J connectivity index is 0.00000280. The molecule has 4 heteroatoms. The Morgan fingerprint density at radius 1 is 0.537 bits per heavy atom. The van der Waals surface area contributed by atoms with Crippen molar-refractivity contribution in [2.75, 3.05) is 0 Å². The van der Waals surface area contributed by atoms with Crippen molar-refractivity contribution in [1.29, 1.82) is 0 Å². The van der Waals surface area contributed by atoms with Crippen LogP contribution in [0.1, 0.15) is 103 Å². The van der Waals surface area contributed by atoms with Crippen LogP contribution in [0.5, 0.6) is 0 Å². The molecule has 0 fully saturated rings. The molecule has 0 bridgehead atoms. The summed E-state index contributed by atoms with van der Waals surface area (Å²) in [6, 6.07) is 41.9. The van der Waals surface area contributed by atoms with Gasteiger partial charge < -0.3 is 0 Å². The molecule has 2 aliphatic carbocycles. The first kappa shape index (κ1) is 42.4. The van der Waals surface area contributed by atoms with Gasteiger partial charge in [-0.15, -0.1) is 24.8 Å². The molecular weight excluding hydrogens is 791 g/mol. The van der Waals surface area contributed by atoms with E-state index in [-0.39, 0.29) is 35.6 Å². The van der Waals surface area contributed by atoms with Gasteiger partial charge in [0, 0.05) is 0 Å². The predicted octanol–water partition coefficient (Wildman–Crippen LogP) is 14.7. The second-order valence-corrected chi connectivity index (χ2v) is 49.8. The van der Waals surface area contributed by atoms with Crippen molar-refractivity contribution in [3.63, 3.8) is 0 Å². The van der Waals surface area contributed by atoms with Gasteiger partial charge in [0.05, 0.1) is 0 Å². The van der Waals surface area contributed by atoms with E-state index >= 15 is 0 Å². The fraction of sp³-hybridized carbons (Fsp3) is 0.320. The van der Waals surface area contributed by atoms with Crippen LogP contribution in [-0.2, 0) is 28.2 Å². The van der Waals surface area contributed by atoms with Crippen molar-refractivity contribution < 1.29 is 17.4 Å². The first-order valence-electron chi connectivity index (χ1n) is 19.4. The Kier molecular flexibility index (Phi) is 11.8. The van der Waals surface area contributed by atoms with E-state index in [9.17, 15) is 0 Å². The Labute approximate surface area is 341 Å². The minimum atomic E-state index is -3.89. The van der Waals surface area contributed by atoms with Crippen LogP contribution in [0.25, 0.3) is 45.5 Å². The second-order valence-electron chi connectivity index (χ2n) is 19.3. The molecule has 2 atom stereocenters. The molecule has 0 aliphatic heterocycles. The molecular formula is C50H60Cl2SiZr. The number of hydrogen-bond donors (Lipinski definition) is 0. The number of halogens is 2. The summed E-state index contributed by atoms with van der Waals surface area (Å²) in [6.07, 6.45) is 5.20. The molecule has 0 radical (unpaired) electrons. The molecule has 0 aromatic heterocycles. The summed E-state index contributed by atoms with van der Waals surface area (Å²) in [5, 5.41) is 0. The average molecular weight is 851 g/mol. The van der Waals surface area contributed by atoms with Crippen molar-refractivity contribution in [2.24, 2.45) is 5.92 Å². The maximum atomic E-state index is 2.79. The van der Waals surface area contributed by atoms with Crippen molar-refractivity contribution in [1.82, 2.24) is 0 Å². The number of rotatable bonds is 6. The predicted molar refractivity (Wildman–Crippen MR) is 243 cm³/mol. The van der Waals surface area contributed by atoms with Crippen LogP contribution >= 0.6 is 24.8 Å². The summed E-state index contributed by atoms with van der Waals surface area (Å²) < 4.78 is 6.46. The van der Waals surface area contributed by atoms with E-state index in [0.717, 1.165) is 0 Å². The Bertz CT molecular complexity index is 2310. The van der Waals surface area contributed by atoms with Gasteiger partial charge in [0.2, 0.25) is 0 Å². The zero-order chi connectivity index (χ0) is 37.4. The third-order valence-corrected chi connectivity index (χ3v) is 29.8. The number of allylic oxidation sites excluding steroid dienone is 2. The molecule has 282 valence electrons. The largest absolute Gasteiger partial charge is 0.147 e. The number of benzene rings is 5. The molecule has 0 amide bonds. The molecule has 0 N–H and O–H groups in total. The van der Waals surface area contributed by atoms with E-state index in [4.69, 9.17) is 0 Å². The molecule has 0 saturated heterocycles. The van der Waals surface area contributed by atoms with E-state index in [0.29, 0.717) is 13.2 Å². The third-order valence-electron chi connectivity index (χ3n) is 12.3. The van der Waals surface area contributed by atoms with Gasteiger partial charge in [-0.25, -0.2) is 0 Å².